The number of hydrogen-bond acceptors (Lipinski definition) is 4. The standard InChI is InChI=1S/C18H19N3O3/c1-12-7-8-15(9-13(12)2)20-17(22)18(23)21-19-11-14-5-4-6-16(10-14)24-3/h4-11H,1-3H3,(H,20,22)(H,21,23)/b19-11+. The summed E-state index contributed by atoms with van der Waals surface area (Å²) in [7, 11) is 1.56. The van der Waals surface area contributed by atoms with Gasteiger partial charge in [-0.05, 0) is 54.8 Å². The molecule has 24 heavy (non-hydrogen) atoms. The lowest BCUT2D eigenvalue weighted by Gasteiger charge is -2.06. The van der Waals surface area contributed by atoms with Gasteiger partial charge in [-0.3, -0.25) is 9.59 Å². The number of nitrogens with zero attached hydrogens (tertiary/aromatic N) is 1. The Hall–Kier alpha value is -3.15. The number of aryl methyl sites for hydroxylation is 2. The molecule has 2 aromatic rings. The fourth-order valence-electron chi connectivity index (χ4n) is 1.95. The van der Waals surface area contributed by atoms with Crippen LogP contribution in [0.15, 0.2) is 47.6 Å². The number of carbonyl (C=O) groups excluding carboxylic acids is 2. The molecule has 2 N–H and O–H groups in total. The second-order valence-corrected chi connectivity index (χ2v) is 5.23. The molecule has 0 spiro atoms. The summed E-state index contributed by atoms with van der Waals surface area (Å²) in [5.74, 6) is -0.939. The van der Waals surface area contributed by atoms with Gasteiger partial charge in [0.25, 0.3) is 0 Å². The molecule has 0 heterocycles. The van der Waals surface area contributed by atoms with E-state index in [9.17, 15) is 9.59 Å². The van der Waals surface area contributed by atoms with Crippen molar-refractivity contribution in [1.82, 2.24) is 5.43 Å². The minimum absolute atomic E-state index is 0.565. The van der Waals surface area contributed by atoms with Crippen LogP contribution in [-0.2, 0) is 9.59 Å². The fourth-order valence-corrected chi connectivity index (χ4v) is 1.95. The largest absolute Gasteiger partial charge is 0.497 e. The molecular formula is C18H19N3O3. The number of benzene rings is 2. The number of nitrogens with one attached hydrogen (secondary N) is 2. The van der Waals surface area contributed by atoms with Gasteiger partial charge in [-0.15, -0.1) is 0 Å². The van der Waals surface area contributed by atoms with E-state index >= 15 is 0 Å². The van der Waals surface area contributed by atoms with Crippen molar-refractivity contribution in [3.8, 4) is 5.75 Å². The Labute approximate surface area is 140 Å². The highest BCUT2D eigenvalue weighted by Crippen LogP contribution is 2.14. The zero-order valence-electron chi connectivity index (χ0n) is 13.8. The lowest BCUT2D eigenvalue weighted by atomic mass is 10.1. The predicted molar refractivity (Wildman–Crippen MR) is 93.3 cm³/mol. The molecule has 0 atom stereocenters. The summed E-state index contributed by atoms with van der Waals surface area (Å²) in [6.45, 7) is 3.91. The Morgan fingerprint density at radius 3 is 2.54 bits per heavy atom. The van der Waals surface area contributed by atoms with E-state index in [4.69, 9.17) is 4.74 Å². The maximum atomic E-state index is 11.8. The molecule has 0 aliphatic heterocycles. The molecule has 2 amide bonds. The van der Waals surface area contributed by atoms with Gasteiger partial charge >= 0.3 is 11.8 Å². The molecule has 0 bridgehead atoms. The van der Waals surface area contributed by atoms with E-state index < -0.39 is 11.8 Å². The van der Waals surface area contributed by atoms with Gasteiger partial charge in [0.15, 0.2) is 0 Å². The van der Waals surface area contributed by atoms with Gasteiger partial charge in [-0.2, -0.15) is 5.10 Å². The molecule has 2 aromatic carbocycles. The average Bonchev–Trinajstić information content (AvgIpc) is 2.58. The quantitative estimate of drug-likeness (QED) is 0.515. The van der Waals surface area contributed by atoms with Crippen molar-refractivity contribution in [3.05, 3.63) is 59.2 Å². The normalized spacial score (nSPS) is 10.5. The van der Waals surface area contributed by atoms with Gasteiger partial charge in [-0.25, -0.2) is 5.43 Å². The van der Waals surface area contributed by atoms with Crippen molar-refractivity contribution in [1.29, 1.82) is 0 Å². The molecule has 0 saturated carbocycles. The maximum absolute atomic E-state index is 11.8. The van der Waals surface area contributed by atoms with Crippen molar-refractivity contribution in [3.63, 3.8) is 0 Å². The van der Waals surface area contributed by atoms with Crippen LogP contribution in [-0.4, -0.2) is 25.1 Å². The zero-order valence-corrected chi connectivity index (χ0v) is 13.8. The summed E-state index contributed by atoms with van der Waals surface area (Å²) in [6.07, 6.45) is 1.43. The molecule has 6 nitrogen and oxygen atoms in total. The predicted octanol–water partition coefficient (Wildman–Crippen LogP) is 2.40. The van der Waals surface area contributed by atoms with Crippen LogP contribution < -0.4 is 15.5 Å². The fraction of sp³-hybridized carbons (Fsp3) is 0.167. The summed E-state index contributed by atoms with van der Waals surface area (Å²) in [4.78, 5) is 23.6. The Kier molecular flexibility index (Phi) is 5.68. The molecule has 0 aliphatic carbocycles. The monoisotopic (exact) mass is 325 g/mol. The lowest BCUT2D eigenvalue weighted by molar-refractivity contribution is -0.136. The summed E-state index contributed by atoms with van der Waals surface area (Å²) in [5.41, 5.74) is 5.64. The highest BCUT2D eigenvalue weighted by atomic mass is 16.5. The first kappa shape index (κ1) is 17.2. The topological polar surface area (TPSA) is 79.8 Å². The number of rotatable bonds is 4. The van der Waals surface area contributed by atoms with E-state index in [0.29, 0.717) is 11.4 Å². The third kappa shape index (κ3) is 4.67. The van der Waals surface area contributed by atoms with Gasteiger partial charge in [0.1, 0.15) is 5.75 Å². The number of hydrazone groups is 1. The van der Waals surface area contributed by atoms with Gasteiger partial charge in [-0.1, -0.05) is 18.2 Å². The number of anilines is 1. The summed E-state index contributed by atoms with van der Waals surface area (Å²) < 4.78 is 5.09. The van der Waals surface area contributed by atoms with Gasteiger partial charge in [0.05, 0.1) is 13.3 Å². The third-order valence-corrected chi connectivity index (χ3v) is 3.44. The molecule has 124 valence electrons. The first-order valence-electron chi connectivity index (χ1n) is 7.35. The van der Waals surface area contributed by atoms with Crippen molar-refractivity contribution >= 4 is 23.7 Å². The number of carbonyl (C=O) groups is 2. The minimum atomic E-state index is -0.840. The van der Waals surface area contributed by atoms with E-state index in [-0.39, 0.29) is 0 Å². The first-order chi connectivity index (χ1) is 11.5. The Balaban J connectivity index is 1.92. The molecule has 0 saturated heterocycles. The van der Waals surface area contributed by atoms with Crippen LogP contribution in [0.25, 0.3) is 0 Å². The molecule has 0 radical (unpaired) electrons. The van der Waals surface area contributed by atoms with Crippen molar-refractivity contribution < 1.29 is 14.3 Å². The molecule has 0 fully saturated rings. The third-order valence-electron chi connectivity index (χ3n) is 3.44. The van der Waals surface area contributed by atoms with Crippen molar-refractivity contribution in [2.45, 2.75) is 13.8 Å². The van der Waals surface area contributed by atoms with Crippen LogP contribution >= 0.6 is 0 Å². The number of methoxy groups -OCH3 is 1. The number of hydrogen-bond donors (Lipinski definition) is 2. The Morgan fingerprint density at radius 2 is 1.83 bits per heavy atom. The lowest BCUT2D eigenvalue weighted by Crippen LogP contribution is -2.32. The highest BCUT2D eigenvalue weighted by Gasteiger charge is 2.13. The molecule has 0 unspecified atom stereocenters. The SMILES string of the molecule is COc1cccc(/C=N/NC(=O)C(=O)Nc2ccc(C)c(C)c2)c1. The van der Waals surface area contributed by atoms with Gasteiger partial charge < -0.3 is 10.1 Å². The minimum Gasteiger partial charge on any atom is -0.497 e. The first-order valence-corrected chi connectivity index (χ1v) is 7.35. The number of amides is 2. The zero-order chi connectivity index (χ0) is 17.5. The van der Waals surface area contributed by atoms with Gasteiger partial charge in [0.2, 0.25) is 0 Å². The molecular weight excluding hydrogens is 306 g/mol. The average molecular weight is 325 g/mol. The van der Waals surface area contributed by atoms with E-state index in [1.807, 2.05) is 19.9 Å². The summed E-state index contributed by atoms with van der Waals surface area (Å²) >= 11 is 0. The molecule has 0 aliphatic rings. The van der Waals surface area contributed by atoms with Crippen LogP contribution in [0.1, 0.15) is 16.7 Å². The van der Waals surface area contributed by atoms with Crippen LogP contribution in [0.3, 0.4) is 0 Å². The smallest absolute Gasteiger partial charge is 0.329 e. The van der Waals surface area contributed by atoms with E-state index in [2.05, 4.69) is 15.8 Å². The van der Waals surface area contributed by atoms with Crippen LogP contribution in [0.5, 0.6) is 5.75 Å². The van der Waals surface area contributed by atoms with Crippen LogP contribution in [0, 0.1) is 13.8 Å². The van der Waals surface area contributed by atoms with Crippen molar-refractivity contribution in [2.24, 2.45) is 5.10 Å². The number of ether oxygens (including phenoxy) is 1. The van der Waals surface area contributed by atoms with Crippen LogP contribution in [0.4, 0.5) is 5.69 Å². The van der Waals surface area contributed by atoms with E-state index in [1.54, 1.807) is 43.5 Å². The van der Waals surface area contributed by atoms with E-state index in [0.717, 1.165) is 16.7 Å². The highest BCUT2D eigenvalue weighted by molar-refractivity contribution is 6.39. The molecule has 0 aromatic heterocycles. The second kappa shape index (κ2) is 7.92. The van der Waals surface area contributed by atoms with Crippen LogP contribution in [0.2, 0.25) is 0 Å². The Morgan fingerprint density at radius 1 is 1.04 bits per heavy atom. The summed E-state index contributed by atoms with van der Waals surface area (Å²) in [5, 5.41) is 6.30. The molecule has 2 rings (SSSR count). The summed E-state index contributed by atoms with van der Waals surface area (Å²) in [6, 6.07) is 12.6. The Bertz CT molecular complexity index is 785. The second-order valence-electron chi connectivity index (χ2n) is 5.23. The molecule has 6 heteroatoms. The van der Waals surface area contributed by atoms with Gasteiger partial charge in [0, 0.05) is 5.69 Å². The van der Waals surface area contributed by atoms with Crippen molar-refractivity contribution in [2.75, 3.05) is 12.4 Å². The van der Waals surface area contributed by atoms with E-state index in [1.165, 1.54) is 6.21 Å². The maximum Gasteiger partial charge on any atom is 0.329 e.